The Hall–Kier alpha value is -1.07. The number of halogens is 2. The summed E-state index contributed by atoms with van der Waals surface area (Å²) in [5.74, 6) is 6.47. The van der Waals surface area contributed by atoms with Crippen LogP contribution in [0.2, 0.25) is 5.02 Å². The van der Waals surface area contributed by atoms with Gasteiger partial charge in [-0.15, -0.1) is 0 Å². The third kappa shape index (κ3) is 3.28. The lowest BCUT2D eigenvalue weighted by Crippen LogP contribution is -2.28. The summed E-state index contributed by atoms with van der Waals surface area (Å²) in [6.45, 7) is 0. The largest absolute Gasteiger partial charge is 0.497 e. The molecule has 100 valence electrons. The van der Waals surface area contributed by atoms with Crippen molar-refractivity contribution in [2.45, 2.75) is 6.04 Å². The van der Waals surface area contributed by atoms with E-state index in [-0.39, 0.29) is 6.04 Å². The molecule has 5 heteroatoms. The van der Waals surface area contributed by atoms with E-state index in [1.54, 1.807) is 7.11 Å². The third-order valence-corrected chi connectivity index (χ3v) is 4.13. The van der Waals surface area contributed by atoms with Gasteiger partial charge in [-0.25, -0.2) is 5.43 Å². The van der Waals surface area contributed by atoms with Crippen LogP contribution in [0.5, 0.6) is 5.75 Å². The van der Waals surface area contributed by atoms with Crippen molar-refractivity contribution in [2.24, 2.45) is 5.84 Å². The maximum atomic E-state index is 6.11. The van der Waals surface area contributed by atoms with E-state index in [2.05, 4.69) is 21.4 Å². The Labute approximate surface area is 125 Å². The second-order valence-electron chi connectivity index (χ2n) is 4.05. The average Bonchev–Trinajstić information content (AvgIpc) is 2.44. The van der Waals surface area contributed by atoms with Crippen LogP contribution in [0.1, 0.15) is 17.2 Å². The highest BCUT2D eigenvalue weighted by atomic mass is 79.9. The normalized spacial score (nSPS) is 12.2. The molecule has 0 fully saturated rings. The van der Waals surface area contributed by atoms with Crippen LogP contribution in [0, 0.1) is 0 Å². The molecule has 0 aliphatic rings. The van der Waals surface area contributed by atoms with E-state index in [0.717, 1.165) is 21.3 Å². The van der Waals surface area contributed by atoms with Gasteiger partial charge in [-0.2, -0.15) is 0 Å². The van der Waals surface area contributed by atoms with Gasteiger partial charge in [0.25, 0.3) is 0 Å². The number of hydrogen-bond donors (Lipinski definition) is 2. The Morgan fingerprint density at radius 1 is 1.16 bits per heavy atom. The summed E-state index contributed by atoms with van der Waals surface area (Å²) in [5.41, 5.74) is 4.85. The summed E-state index contributed by atoms with van der Waals surface area (Å²) in [5, 5.41) is 0.659. The summed E-state index contributed by atoms with van der Waals surface area (Å²) in [7, 11) is 1.64. The number of nitrogens with one attached hydrogen (secondary N) is 1. The minimum atomic E-state index is -0.114. The average molecular weight is 342 g/mol. The van der Waals surface area contributed by atoms with Crippen LogP contribution in [-0.2, 0) is 0 Å². The molecule has 0 aliphatic heterocycles. The molecule has 3 N–H and O–H groups in total. The van der Waals surface area contributed by atoms with E-state index in [1.165, 1.54) is 0 Å². The molecule has 0 spiro atoms. The number of hydrogen-bond acceptors (Lipinski definition) is 3. The second-order valence-corrected chi connectivity index (χ2v) is 5.31. The van der Waals surface area contributed by atoms with Crippen LogP contribution < -0.4 is 16.0 Å². The Kier molecular flexibility index (Phi) is 4.82. The zero-order valence-corrected chi connectivity index (χ0v) is 12.7. The van der Waals surface area contributed by atoms with E-state index in [9.17, 15) is 0 Å². The highest BCUT2D eigenvalue weighted by Gasteiger charge is 2.13. The Morgan fingerprint density at radius 2 is 1.79 bits per heavy atom. The zero-order chi connectivity index (χ0) is 13.8. The van der Waals surface area contributed by atoms with Crippen molar-refractivity contribution < 1.29 is 4.74 Å². The Morgan fingerprint density at radius 3 is 2.32 bits per heavy atom. The minimum absolute atomic E-state index is 0.114. The first kappa shape index (κ1) is 14.3. The van der Waals surface area contributed by atoms with Crippen LogP contribution in [-0.4, -0.2) is 7.11 Å². The van der Waals surface area contributed by atoms with E-state index in [1.807, 2.05) is 42.5 Å². The molecule has 19 heavy (non-hydrogen) atoms. The fourth-order valence-electron chi connectivity index (χ4n) is 1.87. The van der Waals surface area contributed by atoms with Gasteiger partial charge in [-0.05, 0) is 51.3 Å². The first-order valence-electron chi connectivity index (χ1n) is 5.70. The van der Waals surface area contributed by atoms with Gasteiger partial charge in [-0.3, -0.25) is 5.84 Å². The molecule has 0 saturated carbocycles. The van der Waals surface area contributed by atoms with Gasteiger partial charge < -0.3 is 4.74 Å². The van der Waals surface area contributed by atoms with Crippen molar-refractivity contribution in [1.29, 1.82) is 0 Å². The van der Waals surface area contributed by atoms with Gasteiger partial charge >= 0.3 is 0 Å². The zero-order valence-electron chi connectivity index (χ0n) is 10.4. The van der Waals surface area contributed by atoms with Crippen molar-refractivity contribution in [3.63, 3.8) is 0 Å². The predicted molar refractivity (Wildman–Crippen MR) is 81.3 cm³/mol. The Balaban J connectivity index is 2.34. The van der Waals surface area contributed by atoms with Gasteiger partial charge in [0, 0.05) is 4.47 Å². The number of methoxy groups -OCH3 is 1. The van der Waals surface area contributed by atoms with Crippen molar-refractivity contribution in [3.8, 4) is 5.75 Å². The van der Waals surface area contributed by atoms with Crippen molar-refractivity contribution in [3.05, 3.63) is 63.1 Å². The van der Waals surface area contributed by atoms with Gasteiger partial charge in [0.05, 0.1) is 18.2 Å². The predicted octanol–water partition coefficient (Wildman–Crippen LogP) is 3.66. The molecule has 0 heterocycles. The van der Waals surface area contributed by atoms with Crippen LogP contribution in [0.15, 0.2) is 46.9 Å². The number of nitrogens with two attached hydrogens (primary N) is 1. The van der Waals surface area contributed by atoms with Crippen LogP contribution >= 0.6 is 27.5 Å². The molecule has 2 rings (SSSR count). The van der Waals surface area contributed by atoms with Gasteiger partial charge in [0.2, 0.25) is 0 Å². The van der Waals surface area contributed by atoms with Crippen LogP contribution in [0.3, 0.4) is 0 Å². The minimum Gasteiger partial charge on any atom is -0.497 e. The fourth-order valence-corrected chi connectivity index (χ4v) is 2.31. The van der Waals surface area contributed by atoms with Crippen LogP contribution in [0.25, 0.3) is 0 Å². The summed E-state index contributed by atoms with van der Waals surface area (Å²) >= 11 is 9.49. The first-order valence-corrected chi connectivity index (χ1v) is 6.88. The van der Waals surface area contributed by atoms with Crippen molar-refractivity contribution in [1.82, 2.24) is 5.43 Å². The van der Waals surface area contributed by atoms with E-state index in [0.29, 0.717) is 5.02 Å². The van der Waals surface area contributed by atoms with Crippen molar-refractivity contribution in [2.75, 3.05) is 7.11 Å². The summed E-state index contributed by atoms with van der Waals surface area (Å²) < 4.78 is 6.01. The molecular weight excluding hydrogens is 328 g/mol. The smallest absolute Gasteiger partial charge is 0.118 e. The topological polar surface area (TPSA) is 47.3 Å². The number of ether oxygens (including phenoxy) is 1. The second kappa shape index (κ2) is 6.39. The maximum absolute atomic E-state index is 6.11. The summed E-state index contributed by atoms with van der Waals surface area (Å²) in [4.78, 5) is 0. The molecule has 0 amide bonds. The summed E-state index contributed by atoms with van der Waals surface area (Å²) in [6.07, 6.45) is 0. The van der Waals surface area contributed by atoms with Crippen molar-refractivity contribution >= 4 is 27.5 Å². The Bertz CT molecular complexity index is 560. The molecule has 1 atom stereocenters. The van der Waals surface area contributed by atoms with Crippen LogP contribution in [0.4, 0.5) is 0 Å². The molecule has 0 radical (unpaired) electrons. The van der Waals surface area contributed by atoms with Gasteiger partial charge in [0.1, 0.15) is 5.75 Å². The molecular formula is C14H14BrClN2O. The summed E-state index contributed by atoms with van der Waals surface area (Å²) in [6, 6.07) is 13.4. The molecule has 2 aromatic carbocycles. The number of benzene rings is 2. The molecule has 0 aromatic heterocycles. The number of hydrazine groups is 1. The quantitative estimate of drug-likeness (QED) is 0.659. The lowest BCUT2D eigenvalue weighted by Gasteiger charge is -2.17. The van der Waals surface area contributed by atoms with E-state index >= 15 is 0 Å². The lowest BCUT2D eigenvalue weighted by atomic mass is 9.99. The molecule has 0 saturated heterocycles. The monoisotopic (exact) mass is 340 g/mol. The van der Waals surface area contributed by atoms with Gasteiger partial charge in [0.15, 0.2) is 0 Å². The standard InChI is InChI=1S/C14H14BrClN2O/c1-19-11-5-2-9(3-6-11)14(18-17)10-4-7-12(15)13(16)8-10/h2-8,14,18H,17H2,1H3. The number of rotatable bonds is 4. The highest BCUT2D eigenvalue weighted by molar-refractivity contribution is 9.10. The van der Waals surface area contributed by atoms with E-state index in [4.69, 9.17) is 22.2 Å². The van der Waals surface area contributed by atoms with E-state index < -0.39 is 0 Å². The van der Waals surface area contributed by atoms with Gasteiger partial charge in [-0.1, -0.05) is 29.8 Å². The fraction of sp³-hybridized carbons (Fsp3) is 0.143. The SMILES string of the molecule is COc1ccc(C(NN)c2ccc(Br)c(Cl)c2)cc1. The molecule has 3 nitrogen and oxygen atoms in total. The lowest BCUT2D eigenvalue weighted by molar-refractivity contribution is 0.414. The third-order valence-electron chi connectivity index (χ3n) is 2.89. The molecule has 1 unspecified atom stereocenters. The molecule has 2 aromatic rings. The molecule has 0 bridgehead atoms. The highest BCUT2D eigenvalue weighted by Crippen LogP contribution is 2.29. The maximum Gasteiger partial charge on any atom is 0.118 e. The molecule has 0 aliphatic carbocycles. The first-order chi connectivity index (χ1) is 9.15.